The van der Waals surface area contributed by atoms with Crippen molar-refractivity contribution in [3.8, 4) is 6.07 Å². The van der Waals surface area contributed by atoms with Crippen molar-refractivity contribution < 1.29 is 29.1 Å². The molecule has 9 nitrogen and oxygen atoms in total. The van der Waals surface area contributed by atoms with Gasteiger partial charge in [0.15, 0.2) is 0 Å². The number of aliphatic carboxylic acids is 1. The third-order valence-electron chi connectivity index (χ3n) is 3.28. The number of carboxylic acid groups (broad SMARTS) is 1. The maximum absolute atomic E-state index is 12.3. The Morgan fingerprint density at radius 1 is 1.59 bits per heavy atom. The van der Waals surface area contributed by atoms with E-state index in [0.717, 1.165) is 0 Å². The van der Waals surface area contributed by atoms with E-state index in [4.69, 9.17) is 27.1 Å². The molecule has 2 saturated heterocycles. The third-order valence-corrected chi connectivity index (χ3v) is 3.60. The van der Waals surface area contributed by atoms with E-state index in [1.165, 1.54) is 0 Å². The molecule has 0 bridgehead atoms. The maximum Gasteiger partial charge on any atom is 0.372 e. The first-order chi connectivity index (χ1) is 10.4. The van der Waals surface area contributed by atoms with Crippen LogP contribution in [-0.4, -0.2) is 51.4 Å². The maximum atomic E-state index is 12.3. The molecule has 118 valence electrons. The second-order valence-electron chi connectivity index (χ2n) is 4.77. The average Bonchev–Trinajstić information content (AvgIpc) is 3.02. The minimum atomic E-state index is -2.13. The van der Waals surface area contributed by atoms with E-state index in [-0.39, 0.29) is 32.3 Å². The smallest absolute Gasteiger partial charge is 0.372 e. The van der Waals surface area contributed by atoms with Gasteiger partial charge in [-0.15, -0.1) is 0 Å². The number of cyclic esters (lactones) is 1. The SMILES string of the molecule is N#CCCC(=S)N[C@H]1CON(C2(C(=O)O)CCC(=O)O2)C1=O. The van der Waals surface area contributed by atoms with Crippen molar-refractivity contribution >= 4 is 35.1 Å². The predicted octanol–water partition coefficient (Wildman–Crippen LogP) is -0.533. The number of hydroxylamine groups is 2. The van der Waals surface area contributed by atoms with Gasteiger partial charge in [0.2, 0.25) is 0 Å². The molecule has 0 aromatic rings. The zero-order valence-corrected chi connectivity index (χ0v) is 12.2. The van der Waals surface area contributed by atoms with Crippen LogP contribution >= 0.6 is 12.2 Å². The molecule has 2 aliphatic rings. The molecule has 1 amide bonds. The molecule has 1 unspecified atom stereocenters. The molecule has 2 N–H and O–H groups in total. The van der Waals surface area contributed by atoms with Crippen LogP contribution in [-0.2, 0) is 24.0 Å². The molecule has 2 aliphatic heterocycles. The molecule has 0 aromatic carbocycles. The van der Waals surface area contributed by atoms with E-state index in [2.05, 4.69) is 5.32 Å². The minimum absolute atomic E-state index is 0.113. The zero-order chi connectivity index (χ0) is 16.3. The van der Waals surface area contributed by atoms with Crippen molar-refractivity contribution in [3.63, 3.8) is 0 Å². The molecular formula is C12H13N3O6S. The molecule has 0 aromatic heterocycles. The van der Waals surface area contributed by atoms with Crippen LogP contribution in [0.2, 0.25) is 0 Å². The summed E-state index contributed by atoms with van der Waals surface area (Å²) in [5, 5.41) is 21.1. The summed E-state index contributed by atoms with van der Waals surface area (Å²) in [6.45, 7) is -0.141. The molecule has 22 heavy (non-hydrogen) atoms. The van der Waals surface area contributed by atoms with Crippen LogP contribution in [0.3, 0.4) is 0 Å². The lowest BCUT2D eigenvalue weighted by Crippen LogP contribution is -2.56. The molecular weight excluding hydrogens is 314 g/mol. The minimum Gasteiger partial charge on any atom is -0.477 e. The van der Waals surface area contributed by atoms with Crippen LogP contribution in [0.25, 0.3) is 0 Å². The Morgan fingerprint density at radius 3 is 2.86 bits per heavy atom. The average molecular weight is 327 g/mol. The fourth-order valence-corrected chi connectivity index (χ4v) is 2.43. The molecule has 2 heterocycles. The highest BCUT2D eigenvalue weighted by Gasteiger charge is 2.59. The summed E-state index contributed by atoms with van der Waals surface area (Å²) in [6.07, 6.45) is 0.194. The third kappa shape index (κ3) is 2.86. The van der Waals surface area contributed by atoms with Crippen molar-refractivity contribution in [2.24, 2.45) is 0 Å². The summed E-state index contributed by atoms with van der Waals surface area (Å²) in [6, 6.07) is 1.05. The number of nitriles is 1. The van der Waals surface area contributed by atoms with E-state index < -0.39 is 29.6 Å². The van der Waals surface area contributed by atoms with Crippen molar-refractivity contribution in [1.82, 2.24) is 10.4 Å². The number of rotatable bonds is 5. The number of carbonyl (C=O) groups excluding carboxylic acids is 2. The molecule has 0 aliphatic carbocycles. The molecule has 0 saturated carbocycles. The highest BCUT2D eigenvalue weighted by molar-refractivity contribution is 7.80. The summed E-state index contributed by atoms with van der Waals surface area (Å²) in [4.78, 5) is 40.4. The second kappa shape index (κ2) is 6.25. The lowest BCUT2D eigenvalue weighted by Gasteiger charge is -2.30. The first kappa shape index (κ1) is 16.1. The number of hydrogen-bond donors (Lipinski definition) is 2. The van der Waals surface area contributed by atoms with Gasteiger partial charge >= 0.3 is 17.7 Å². The van der Waals surface area contributed by atoms with Gasteiger partial charge in [0, 0.05) is 19.3 Å². The van der Waals surface area contributed by atoms with Gasteiger partial charge in [-0.05, 0) is 0 Å². The van der Waals surface area contributed by atoms with Gasteiger partial charge in [-0.25, -0.2) is 4.79 Å². The van der Waals surface area contributed by atoms with Gasteiger partial charge in [-0.3, -0.25) is 14.4 Å². The number of ether oxygens (including phenoxy) is 1. The highest BCUT2D eigenvalue weighted by Crippen LogP contribution is 2.33. The lowest BCUT2D eigenvalue weighted by atomic mass is 10.1. The van der Waals surface area contributed by atoms with Crippen molar-refractivity contribution in [3.05, 3.63) is 0 Å². The standard InChI is InChI=1S/C12H13N3O6S/c13-5-1-2-8(22)14-7-6-20-15(10(7)17)12(11(18)19)4-3-9(16)21-12/h7H,1-4,6H2,(H,14,22)(H,18,19)/t7-,12?/m0/s1. The number of nitrogens with one attached hydrogen (secondary N) is 1. The first-order valence-electron chi connectivity index (χ1n) is 6.49. The zero-order valence-electron chi connectivity index (χ0n) is 11.4. The van der Waals surface area contributed by atoms with Crippen LogP contribution in [0.15, 0.2) is 0 Å². The van der Waals surface area contributed by atoms with Crippen LogP contribution in [0.4, 0.5) is 0 Å². The normalized spacial score (nSPS) is 27.4. The van der Waals surface area contributed by atoms with E-state index in [1.807, 2.05) is 6.07 Å². The Kier molecular flexibility index (Phi) is 4.58. The van der Waals surface area contributed by atoms with Crippen LogP contribution in [0, 0.1) is 11.3 Å². The topological polar surface area (TPSA) is 129 Å². The lowest BCUT2D eigenvalue weighted by molar-refractivity contribution is -0.256. The predicted molar refractivity (Wildman–Crippen MR) is 72.9 cm³/mol. The van der Waals surface area contributed by atoms with Gasteiger partial charge in [0.25, 0.3) is 5.91 Å². The molecule has 0 radical (unpaired) electrons. The van der Waals surface area contributed by atoms with Gasteiger partial charge in [-0.2, -0.15) is 10.3 Å². The largest absolute Gasteiger partial charge is 0.477 e. The van der Waals surface area contributed by atoms with E-state index >= 15 is 0 Å². The summed E-state index contributed by atoms with van der Waals surface area (Å²) in [7, 11) is 0. The van der Waals surface area contributed by atoms with Crippen molar-refractivity contribution in [2.75, 3.05) is 6.61 Å². The summed E-state index contributed by atoms with van der Waals surface area (Å²) >= 11 is 4.99. The molecule has 2 atom stereocenters. The fraction of sp³-hybridized carbons (Fsp3) is 0.583. The Hall–Kier alpha value is -2.25. The number of carbonyl (C=O) groups is 3. The Morgan fingerprint density at radius 2 is 2.32 bits per heavy atom. The quantitative estimate of drug-likeness (QED) is 0.505. The number of esters is 1. The number of hydrogen-bond acceptors (Lipinski definition) is 7. The molecule has 2 rings (SSSR count). The van der Waals surface area contributed by atoms with Crippen molar-refractivity contribution in [2.45, 2.75) is 37.5 Å². The highest BCUT2D eigenvalue weighted by atomic mass is 32.1. The van der Waals surface area contributed by atoms with Crippen LogP contribution in [0.5, 0.6) is 0 Å². The number of amides is 1. The number of thiocarbonyl (C=S) groups is 1. The van der Waals surface area contributed by atoms with Gasteiger partial charge in [0.05, 0.1) is 17.5 Å². The Labute approximate surface area is 130 Å². The second-order valence-corrected chi connectivity index (χ2v) is 5.26. The summed E-state index contributed by atoms with van der Waals surface area (Å²) in [5.74, 6) is -2.87. The van der Waals surface area contributed by atoms with Gasteiger partial charge < -0.3 is 15.2 Å². The van der Waals surface area contributed by atoms with E-state index in [0.29, 0.717) is 10.1 Å². The molecule has 0 spiro atoms. The number of nitrogens with zero attached hydrogens (tertiary/aromatic N) is 2. The Balaban J connectivity index is 2.07. The van der Waals surface area contributed by atoms with Crippen LogP contribution in [0.1, 0.15) is 25.7 Å². The van der Waals surface area contributed by atoms with E-state index in [1.54, 1.807) is 0 Å². The van der Waals surface area contributed by atoms with Gasteiger partial charge in [-0.1, -0.05) is 12.2 Å². The summed E-state index contributed by atoms with van der Waals surface area (Å²) in [5.41, 5.74) is -2.13. The Bertz CT molecular complexity index is 574. The first-order valence-corrected chi connectivity index (χ1v) is 6.90. The van der Waals surface area contributed by atoms with Crippen LogP contribution < -0.4 is 5.32 Å². The van der Waals surface area contributed by atoms with E-state index in [9.17, 15) is 19.5 Å². The fourth-order valence-electron chi connectivity index (χ4n) is 2.19. The molecule has 2 fully saturated rings. The molecule has 10 heteroatoms. The van der Waals surface area contributed by atoms with Crippen molar-refractivity contribution in [1.29, 1.82) is 5.26 Å². The monoisotopic (exact) mass is 327 g/mol. The summed E-state index contributed by atoms with van der Waals surface area (Å²) < 4.78 is 4.82. The number of carboxylic acids is 1. The van der Waals surface area contributed by atoms with Gasteiger partial charge in [0.1, 0.15) is 12.6 Å².